The number of carbonyl (C=O) groups is 1. The van der Waals surface area contributed by atoms with Crippen molar-refractivity contribution in [2.24, 2.45) is 0 Å². The molecule has 0 bridgehead atoms. The maximum atomic E-state index is 13.3. The second kappa shape index (κ2) is 5.53. The van der Waals surface area contributed by atoms with Gasteiger partial charge in [-0.25, -0.2) is 9.37 Å². The van der Waals surface area contributed by atoms with Gasteiger partial charge in [0.2, 0.25) is 0 Å². The topological polar surface area (TPSA) is 46.4 Å². The molecule has 3 aromatic heterocycles. The monoisotopic (exact) mass is 385 g/mol. The fourth-order valence-corrected chi connectivity index (χ4v) is 4.07. The molecule has 0 fully saturated rings. The number of imidazole rings is 1. The van der Waals surface area contributed by atoms with E-state index in [2.05, 4.69) is 10.3 Å². The quantitative estimate of drug-likeness (QED) is 0.493. The summed E-state index contributed by atoms with van der Waals surface area (Å²) in [4.78, 5) is 18.4. The van der Waals surface area contributed by atoms with Gasteiger partial charge in [0.15, 0.2) is 4.96 Å². The molecule has 0 atom stereocenters. The van der Waals surface area contributed by atoms with E-state index in [-0.39, 0.29) is 5.69 Å². The molecule has 0 aliphatic carbocycles. The highest BCUT2D eigenvalue weighted by molar-refractivity contribution is 7.21. The Morgan fingerprint density at radius 2 is 2.04 bits per heavy atom. The molecule has 0 saturated heterocycles. The van der Waals surface area contributed by atoms with Gasteiger partial charge in [-0.15, -0.1) is 22.7 Å². The van der Waals surface area contributed by atoms with Crippen molar-refractivity contribution in [3.05, 3.63) is 52.1 Å². The summed E-state index contributed by atoms with van der Waals surface area (Å²) < 4.78 is 53.4. The number of fused-ring (bicyclic) bond motifs is 3. The largest absolute Gasteiger partial charge is 0.419 e. The van der Waals surface area contributed by atoms with Crippen molar-refractivity contribution < 1.29 is 22.4 Å². The van der Waals surface area contributed by atoms with Gasteiger partial charge in [-0.3, -0.25) is 9.20 Å². The Hall–Kier alpha value is -2.46. The first-order chi connectivity index (χ1) is 11.8. The van der Waals surface area contributed by atoms with E-state index >= 15 is 0 Å². The molecule has 0 aliphatic rings. The summed E-state index contributed by atoms with van der Waals surface area (Å²) in [6.45, 7) is 0. The van der Waals surface area contributed by atoms with Crippen LogP contribution in [0.1, 0.15) is 15.2 Å². The summed E-state index contributed by atoms with van der Waals surface area (Å²) in [7, 11) is 0. The van der Waals surface area contributed by atoms with Crippen molar-refractivity contribution >= 4 is 49.6 Å². The van der Waals surface area contributed by atoms with Crippen LogP contribution in [0.25, 0.3) is 15.3 Å². The lowest BCUT2D eigenvalue weighted by Crippen LogP contribution is -2.13. The zero-order valence-electron chi connectivity index (χ0n) is 12.1. The third kappa shape index (κ3) is 2.76. The number of nitrogens with zero attached hydrogens (tertiary/aromatic N) is 2. The van der Waals surface area contributed by atoms with E-state index in [1.165, 1.54) is 11.3 Å². The minimum Gasteiger partial charge on any atom is -0.321 e. The third-order valence-electron chi connectivity index (χ3n) is 3.49. The van der Waals surface area contributed by atoms with Crippen LogP contribution in [-0.2, 0) is 6.18 Å². The van der Waals surface area contributed by atoms with Gasteiger partial charge in [-0.05, 0) is 24.3 Å². The van der Waals surface area contributed by atoms with Crippen molar-refractivity contribution in [2.75, 3.05) is 5.32 Å². The molecule has 1 amide bonds. The average molecular weight is 385 g/mol. The smallest absolute Gasteiger partial charge is 0.321 e. The van der Waals surface area contributed by atoms with Gasteiger partial charge in [-0.2, -0.15) is 13.2 Å². The average Bonchev–Trinajstić information content (AvgIpc) is 3.19. The van der Waals surface area contributed by atoms with Gasteiger partial charge in [0.05, 0.1) is 16.0 Å². The molecule has 4 rings (SSSR count). The number of aromatic nitrogens is 2. The summed E-state index contributed by atoms with van der Waals surface area (Å²) >= 11 is 2.59. The first kappa shape index (κ1) is 16.0. The van der Waals surface area contributed by atoms with Crippen molar-refractivity contribution in [1.82, 2.24) is 9.38 Å². The van der Waals surface area contributed by atoms with Crippen LogP contribution in [0.5, 0.6) is 0 Å². The number of hydrogen-bond acceptors (Lipinski definition) is 4. The first-order valence-electron chi connectivity index (χ1n) is 6.86. The fraction of sp³-hybridized carbons (Fsp3) is 0.0667. The lowest BCUT2D eigenvalue weighted by Gasteiger charge is -2.10. The summed E-state index contributed by atoms with van der Waals surface area (Å²) in [5.41, 5.74) is -0.804. The van der Waals surface area contributed by atoms with Crippen LogP contribution in [0.3, 0.4) is 0 Å². The summed E-state index contributed by atoms with van der Waals surface area (Å²) in [6, 6.07) is 3.95. The molecule has 0 spiro atoms. The maximum Gasteiger partial charge on any atom is 0.419 e. The molecule has 25 heavy (non-hydrogen) atoms. The van der Waals surface area contributed by atoms with Crippen molar-refractivity contribution in [3.63, 3.8) is 0 Å². The molecule has 4 aromatic rings. The minimum absolute atomic E-state index is 0.131. The molecule has 10 heteroatoms. The Kier molecular flexibility index (Phi) is 3.55. The van der Waals surface area contributed by atoms with Crippen LogP contribution in [0, 0.1) is 5.82 Å². The molecule has 0 unspecified atom stereocenters. The Labute approximate surface area is 145 Å². The van der Waals surface area contributed by atoms with Gasteiger partial charge in [0.1, 0.15) is 10.6 Å². The molecule has 0 aliphatic heterocycles. The molecule has 4 nitrogen and oxygen atoms in total. The number of rotatable bonds is 2. The van der Waals surface area contributed by atoms with E-state index < -0.39 is 23.5 Å². The number of benzene rings is 1. The number of thiophene rings is 1. The Morgan fingerprint density at radius 3 is 2.80 bits per heavy atom. The standard InChI is InChI=1S/C15H7F4N3OS2/c16-9-2-1-7(5-8(9)15(17,18)19)20-12(23)11-6-10-13(25-11)21-14-22(10)3-4-24-14/h1-6H,(H,20,23). The lowest BCUT2D eigenvalue weighted by molar-refractivity contribution is -0.139. The molecular weight excluding hydrogens is 378 g/mol. The second-order valence-electron chi connectivity index (χ2n) is 5.11. The number of carbonyl (C=O) groups excluding carboxylic acids is 1. The number of halogens is 4. The number of nitrogens with one attached hydrogen (secondary N) is 1. The molecule has 128 valence electrons. The summed E-state index contributed by atoms with van der Waals surface area (Å²) in [5.74, 6) is -1.97. The molecule has 0 saturated carbocycles. The predicted octanol–water partition coefficient (Wildman–Crippen LogP) is 5.02. The van der Waals surface area contributed by atoms with Crippen molar-refractivity contribution in [3.8, 4) is 0 Å². The van der Waals surface area contributed by atoms with Gasteiger partial charge < -0.3 is 5.32 Å². The maximum absolute atomic E-state index is 13.3. The summed E-state index contributed by atoms with van der Waals surface area (Å²) in [5, 5.41) is 4.22. The van der Waals surface area contributed by atoms with E-state index in [0.717, 1.165) is 27.9 Å². The van der Waals surface area contributed by atoms with Gasteiger partial charge >= 0.3 is 6.18 Å². The van der Waals surface area contributed by atoms with Crippen LogP contribution in [-0.4, -0.2) is 15.3 Å². The zero-order chi connectivity index (χ0) is 17.8. The van der Waals surface area contributed by atoms with E-state index in [4.69, 9.17) is 0 Å². The lowest BCUT2D eigenvalue weighted by atomic mass is 10.2. The van der Waals surface area contributed by atoms with Gasteiger partial charge in [-0.1, -0.05) is 0 Å². The van der Waals surface area contributed by atoms with Gasteiger partial charge in [0.25, 0.3) is 5.91 Å². The highest BCUT2D eigenvalue weighted by Crippen LogP contribution is 2.33. The van der Waals surface area contributed by atoms with Crippen LogP contribution in [0.15, 0.2) is 35.8 Å². The molecule has 1 N–H and O–H groups in total. The first-order valence-corrected chi connectivity index (χ1v) is 8.56. The SMILES string of the molecule is O=C(Nc1ccc(F)c(C(F)(F)F)c1)c1cc2c(nc3sccn32)s1. The molecular formula is C15H7F4N3OS2. The molecule has 3 heterocycles. The highest BCUT2D eigenvalue weighted by Gasteiger charge is 2.34. The predicted molar refractivity (Wildman–Crippen MR) is 87.8 cm³/mol. The summed E-state index contributed by atoms with van der Waals surface area (Å²) in [6.07, 6.45) is -3.01. The minimum atomic E-state index is -4.83. The van der Waals surface area contributed by atoms with E-state index in [0.29, 0.717) is 21.8 Å². The Bertz CT molecular complexity index is 1110. The normalized spacial score (nSPS) is 12.2. The van der Waals surface area contributed by atoms with Crippen LogP contribution in [0.4, 0.5) is 23.2 Å². The number of anilines is 1. The number of amides is 1. The number of thiazole rings is 1. The molecule has 1 aromatic carbocycles. The van der Waals surface area contributed by atoms with Crippen LogP contribution >= 0.6 is 22.7 Å². The van der Waals surface area contributed by atoms with Crippen LogP contribution in [0.2, 0.25) is 0 Å². The fourth-order valence-electron chi connectivity index (χ4n) is 2.37. The molecule has 0 radical (unpaired) electrons. The van der Waals surface area contributed by atoms with Crippen molar-refractivity contribution in [2.45, 2.75) is 6.18 Å². The third-order valence-corrected chi connectivity index (χ3v) is 5.27. The van der Waals surface area contributed by atoms with Crippen molar-refractivity contribution in [1.29, 1.82) is 0 Å². The van der Waals surface area contributed by atoms with Gasteiger partial charge in [0, 0.05) is 17.3 Å². The second-order valence-corrected chi connectivity index (χ2v) is 7.02. The Morgan fingerprint density at radius 1 is 1.24 bits per heavy atom. The van der Waals surface area contributed by atoms with E-state index in [1.54, 1.807) is 6.07 Å². The van der Waals surface area contributed by atoms with E-state index in [1.807, 2.05) is 16.0 Å². The number of alkyl halides is 3. The highest BCUT2D eigenvalue weighted by atomic mass is 32.1. The zero-order valence-corrected chi connectivity index (χ0v) is 13.7. The van der Waals surface area contributed by atoms with E-state index in [9.17, 15) is 22.4 Å². The van der Waals surface area contributed by atoms with Crippen LogP contribution < -0.4 is 5.32 Å². The number of hydrogen-bond donors (Lipinski definition) is 1. The Balaban J connectivity index is 1.64.